The molecule has 6 nitrogen and oxygen atoms in total. The summed E-state index contributed by atoms with van der Waals surface area (Å²) in [5.74, 6) is -0.764. The summed E-state index contributed by atoms with van der Waals surface area (Å²) in [4.78, 5) is 39.0. The van der Waals surface area contributed by atoms with E-state index in [9.17, 15) is 14.4 Å². The quantitative estimate of drug-likeness (QED) is 0.622. The molecule has 2 aliphatic carbocycles. The Labute approximate surface area is 166 Å². The molecule has 3 aliphatic rings. The first-order valence-electron chi connectivity index (χ1n) is 10.7. The van der Waals surface area contributed by atoms with Crippen LogP contribution in [0.3, 0.4) is 0 Å². The SMILES string of the molecule is O=C(Nc1ccc2c(c1)CCCN2C(=O)C1CC1)C(=O)NC1CCCCCC1. The van der Waals surface area contributed by atoms with E-state index in [0.717, 1.165) is 69.2 Å². The van der Waals surface area contributed by atoms with Crippen LogP contribution in [-0.4, -0.2) is 30.3 Å². The minimum atomic E-state index is -0.620. The molecule has 1 aliphatic heterocycles. The topological polar surface area (TPSA) is 78.5 Å². The number of nitrogens with one attached hydrogen (secondary N) is 2. The molecule has 0 spiro atoms. The Balaban J connectivity index is 1.38. The molecule has 0 aromatic heterocycles. The second-order valence-corrected chi connectivity index (χ2v) is 8.33. The summed E-state index contributed by atoms with van der Waals surface area (Å²) in [5.41, 5.74) is 2.62. The van der Waals surface area contributed by atoms with Crippen LogP contribution in [0.1, 0.15) is 63.4 Å². The first-order chi connectivity index (χ1) is 13.6. The van der Waals surface area contributed by atoms with Gasteiger partial charge in [0.25, 0.3) is 0 Å². The van der Waals surface area contributed by atoms with Gasteiger partial charge >= 0.3 is 11.8 Å². The number of amides is 3. The lowest BCUT2D eigenvalue weighted by molar-refractivity contribution is -0.136. The van der Waals surface area contributed by atoms with Gasteiger partial charge in [-0.2, -0.15) is 0 Å². The van der Waals surface area contributed by atoms with Crippen molar-refractivity contribution in [3.05, 3.63) is 23.8 Å². The molecule has 6 heteroatoms. The average Bonchev–Trinajstić information content (AvgIpc) is 3.55. The Hall–Kier alpha value is -2.37. The van der Waals surface area contributed by atoms with Crippen LogP contribution in [-0.2, 0) is 20.8 Å². The summed E-state index contributed by atoms with van der Waals surface area (Å²) in [6.45, 7) is 0.762. The standard InChI is InChI=1S/C22H29N3O3/c26-20(23-17-7-3-1-2-4-8-17)21(27)24-18-11-12-19-16(14-18)6-5-13-25(19)22(28)15-9-10-15/h11-12,14-15,17H,1-10,13H2,(H,23,26)(H,24,27). The summed E-state index contributed by atoms with van der Waals surface area (Å²) in [7, 11) is 0. The van der Waals surface area contributed by atoms with E-state index in [1.165, 1.54) is 12.8 Å². The van der Waals surface area contributed by atoms with Crippen LogP contribution < -0.4 is 15.5 Å². The van der Waals surface area contributed by atoms with Crippen LogP contribution in [0.5, 0.6) is 0 Å². The van der Waals surface area contributed by atoms with Gasteiger partial charge in [0.2, 0.25) is 5.91 Å². The molecule has 2 saturated carbocycles. The lowest BCUT2D eigenvalue weighted by Crippen LogP contribution is -2.41. The van der Waals surface area contributed by atoms with Gasteiger partial charge in [-0.3, -0.25) is 14.4 Å². The maximum Gasteiger partial charge on any atom is 0.313 e. The first kappa shape index (κ1) is 19.0. The monoisotopic (exact) mass is 383 g/mol. The summed E-state index contributed by atoms with van der Waals surface area (Å²) >= 11 is 0. The minimum Gasteiger partial charge on any atom is -0.345 e. The third-order valence-corrected chi connectivity index (χ3v) is 6.05. The zero-order valence-electron chi connectivity index (χ0n) is 16.3. The summed E-state index contributed by atoms with van der Waals surface area (Å²) in [5, 5.41) is 5.60. The Morgan fingerprint density at radius 3 is 2.36 bits per heavy atom. The minimum absolute atomic E-state index is 0.103. The molecule has 3 amide bonds. The van der Waals surface area contributed by atoms with E-state index < -0.39 is 11.8 Å². The van der Waals surface area contributed by atoms with Crippen LogP contribution >= 0.6 is 0 Å². The van der Waals surface area contributed by atoms with Crippen LogP contribution in [0.15, 0.2) is 18.2 Å². The summed E-state index contributed by atoms with van der Waals surface area (Å²) in [6, 6.07) is 5.69. The van der Waals surface area contributed by atoms with E-state index in [1.54, 1.807) is 6.07 Å². The third-order valence-electron chi connectivity index (χ3n) is 6.05. The molecule has 2 fully saturated rings. The second kappa shape index (κ2) is 8.33. The maximum atomic E-state index is 12.5. The van der Waals surface area contributed by atoms with Crippen molar-refractivity contribution in [1.29, 1.82) is 0 Å². The van der Waals surface area contributed by atoms with Crippen molar-refractivity contribution in [2.45, 2.75) is 70.3 Å². The highest BCUT2D eigenvalue weighted by Crippen LogP contribution is 2.36. The van der Waals surface area contributed by atoms with Gasteiger partial charge in [0.15, 0.2) is 0 Å². The van der Waals surface area contributed by atoms with Crippen LogP contribution in [0, 0.1) is 5.92 Å². The number of aryl methyl sites for hydroxylation is 1. The number of hydrogen-bond donors (Lipinski definition) is 2. The number of carbonyl (C=O) groups excluding carboxylic acids is 3. The molecule has 0 saturated heterocycles. The largest absolute Gasteiger partial charge is 0.345 e. The molecule has 0 bridgehead atoms. The first-order valence-corrected chi connectivity index (χ1v) is 10.7. The number of anilines is 2. The highest BCUT2D eigenvalue weighted by molar-refractivity contribution is 6.39. The second-order valence-electron chi connectivity index (χ2n) is 8.33. The van der Waals surface area contributed by atoms with Gasteiger partial charge in [-0.15, -0.1) is 0 Å². The maximum absolute atomic E-state index is 12.5. The van der Waals surface area contributed by atoms with Crippen molar-refractivity contribution in [2.24, 2.45) is 5.92 Å². The van der Waals surface area contributed by atoms with E-state index >= 15 is 0 Å². The van der Waals surface area contributed by atoms with Gasteiger partial charge in [-0.05, 0) is 62.3 Å². The fourth-order valence-corrected chi connectivity index (χ4v) is 4.32. The van der Waals surface area contributed by atoms with Crippen molar-refractivity contribution in [2.75, 3.05) is 16.8 Å². The predicted octanol–water partition coefficient (Wildman–Crippen LogP) is 3.15. The zero-order chi connectivity index (χ0) is 19.5. The van der Waals surface area contributed by atoms with Crippen molar-refractivity contribution < 1.29 is 14.4 Å². The lowest BCUT2D eigenvalue weighted by Gasteiger charge is -2.30. The number of benzene rings is 1. The van der Waals surface area contributed by atoms with Crippen molar-refractivity contribution in [1.82, 2.24) is 5.32 Å². The van der Waals surface area contributed by atoms with E-state index in [2.05, 4.69) is 10.6 Å². The van der Waals surface area contributed by atoms with Gasteiger partial charge < -0.3 is 15.5 Å². The Morgan fingerprint density at radius 2 is 1.64 bits per heavy atom. The highest BCUT2D eigenvalue weighted by atomic mass is 16.2. The molecule has 1 aromatic carbocycles. The van der Waals surface area contributed by atoms with Gasteiger partial charge in [0.05, 0.1) is 0 Å². The van der Waals surface area contributed by atoms with Crippen molar-refractivity contribution in [3.63, 3.8) is 0 Å². The molecule has 1 heterocycles. The van der Waals surface area contributed by atoms with E-state index in [1.807, 2.05) is 17.0 Å². The van der Waals surface area contributed by atoms with E-state index in [-0.39, 0.29) is 17.9 Å². The highest BCUT2D eigenvalue weighted by Gasteiger charge is 2.35. The molecule has 0 atom stereocenters. The summed E-state index contributed by atoms with van der Waals surface area (Å²) < 4.78 is 0. The predicted molar refractivity (Wildman–Crippen MR) is 108 cm³/mol. The van der Waals surface area contributed by atoms with Gasteiger partial charge in [0.1, 0.15) is 0 Å². The Bertz CT molecular complexity index is 764. The Kier molecular flexibility index (Phi) is 5.64. The lowest BCUT2D eigenvalue weighted by atomic mass is 10.0. The van der Waals surface area contributed by atoms with Crippen LogP contribution in [0.2, 0.25) is 0 Å². The summed E-state index contributed by atoms with van der Waals surface area (Å²) in [6.07, 6.45) is 10.3. The van der Waals surface area contributed by atoms with Crippen LogP contribution in [0.4, 0.5) is 11.4 Å². The Morgan fingerprint density at radius 1 is 0.893 bits per heavy atom. The smallest absolute Gasteiger partial charge is 0.313 e. The molecule has 0 unspecified atom stereocenters. The third kappa shape index (κ3) is 4.37. The van der Waals surface area contributed by atoms with Gasteiger partial charge in [-0.1, -0.05) is 25.7 Å². The fourth-order valence-electron chi connectivity index (χ4n) is 4.32. The molecule has 1 aromatic rings. The van der Waals surface area contributed by atoms with Gasteiger partial charge in [-0.25, -0.2) is 0 Å². The van der Waals surface area contributed by atoms with E-state index in [4.69, 9.17) is 0 Å². The zero-order valence-corrected chi connectivity index (χ0v) is 16.3. The molecule has 4 rings (SSSR count). The number of rotatable bonds is 3. The van der Waals surface area contributed by atoms with Crippen LogP contribution in [0.25, 0.3) is 0 Å². The number of nitrogens with zero attached hydrogens (tertiary/aromatic N) is 1. The van der Waals surface area contributed by atoms with E-state index in [0.29, 0.717) is 5.69 Å². The number of carbonyl (C=O) groups is 3. The molecular formula is C22H29N3O3. The van der Waals surface area contributed by atoms with Crippen molar-refractivity contribution >= 4 is 29.1 Å². The fraction of sp³-hybridized carbons (Fsp3) is 0.591. The molecule has 0 radical (unpaired) electrons. The number of hydrogen-bond acceptors (Lipinski definition) is 3. The average molecular weight is 383 g/mol. The number of fused-ring (bicyclic) bond motifs is 1. The molecular weight excluding hydrogens is 354 g/mol. The molecule has 150 valence electrons. The molecule has 2 N–H and O–H groups in total. The normalized spacial score (nSPS) is 20.1. The van der Waals surface area contributed by atoms with Crippen molar-refractivity contribution in [3.8, 4) is 0 Å². The molecule has 28 heavy (non-hydrogen) atoms. The van der Waals surface area contributed by atoms with Gasteiger partial charge in [0, 0.05) is 29.9 Å².